The second kappa shape index (κ2) is 7.70. The van der Waals surface area contributed by atoms with Crippen molar-refractivity contribution in [1.29, 1.82) is 0 Å². The van der Waals surface area contributed by atoms with Crippen molar-refractivity contribution >= 4 is 21.6 Å². The van der Waals surface area contributed by atoms with Crippen LogP contribution in [0.4, 0.5) is 5.69 Å². The van der Waals surface area contributed by atoms with E-state index < -0.39 is 10.0 Å². The first-order chi connectivity index (χ1) is 11.8. The van der Waals surface area contributed by atoms with Crippen LogP contribution in [0.25, 0.3) is 0 Å². The monoisotopic (exact) mass is 360 g/mol. The van der Waals surface area contributed by atoms with Crippen molar-refractivity contribution in [2.24, 2.45) is 0 Å². The van der Waals surface area contributed by atoms with Crippen LogP contribution < -0.4 is 9.62 Å². The van der Waals surface area contributed by atoms with E-state index in [-0.39, 0.29) is 16.8 Å². The fraction of sp³-hybridized carbons (Fsp3) is 0.316. The highest BCUT2D eigenvalue weighted by atomic mass is 32.2. The lowest BCUT2D eigenvalue weighted by atomic mass is 10.1. The van der Waals surface area contributed by atoms with Crippen LogP contribution in [0.2, 0.25) is 0 Å². The highest BCUT2D eigenvalue weighted by Crippen LogP contribution is 2.26. The number of hydrogen-bond acceptors (Lipinski definition) is 3. The first kappa shape index (κ1) is 19.0. The Morgan fingerprint density at radius 3 is 2.40 bits per heavy atom. The van der Waals surface area contributed by atoms with E-state index in [9.17, 15) is 13.2 Å². The van der Waals surface area contributed by atoms with Crippen LogP contribution in [0.15, 0.2) is 53.4 Å². The molecule has 0 saturated heterocycles. The van der Waals surface area contributed by atoms with Crippen LogP contribution in [0.1, 0.15) is 36.2 Å². The highest BCUT2D eigenvalue weighted by Gasteiger charge is 2.23. The Hall–Kier alpha value is -2.34. The Kier molecular flexibility index (Phi) is 5.85. The number of hydrogen-bond donors (Lipinski definition) is 1. The zero-order valence-electron chi connectivity index (χ0n) is 15.0. The molecule has 0 bridgehead atoms. The molecule has 1 N–H and O–H groups in total. The maximum Gasteiger partial charge on any atom is 0.264 e. The lowest BCUT2D eigenvalue weighted by Gasteiger charge is -2.22. The molecule has 2 aromatic rings. The summed E-state index contributed by atoms with van der Waals surface area (Å²) in [4.78, 5) is 12.6. The number of amides is 1. The minimum Gasteiger partial charge on any atom is -0.350 e. The molecule has 2 aromatic carbocycles. The molecule has 6 heteroatoms. The summed E-state index contributed by atoms with van der Waals surface area (Å²) in [6, 6.07) is 13.4. The van der Waals surface area contributed by atoms with Gasteiger partial charge in [-0.15, -0.1) is 0 Å². The minimum atomic E-state index is -3.68. The summed E-state index contributed by atoms with van der Waals surface area (Å²) in [7, 11) is -2.18. The summed E-state index contributed by atoms with van der Waals surface area (Å²) in [5.74, 6) is -0.207. The van der Waals surface area contributed by atoms with Crippen molar-refractivity contribution < 1.29 is 13.2 Å². The van der Waals surface area contributed by atoms with Gasteiger partial charge in [0.25, 0.3) is 15.9 Å². The van der Waals surface area contributed by atoms with Gasteiger partial charge in [0.05, 0.1) is 10.6 Å². The summed E-state index contributed by atoms with van der Waals surface area (Å²) in [5, 5.41) is 2.89. The zero-order chi connectivity index (χ0) is 18.6. The number of benzene rings is 2. The summed E-state index contributed by atoms with van der Waals surface area (Å²) in [5.41, 5.74) is 1.71. The predicted molar refractivity (Wildman–Crippen MR) is 100 cm³/mol. The van der Waals surface area contributed by atoms with Crippen molar-refractivity contribution in [3.8, 4) is 0 Å². The Bertz CT molecular complexity index is 848. The molecule has 0 heterocycles. The average molecular weight is 360 g/mol. The Morgan fingerprint density at radius 1 is 1.16 bits per heavy atom. The van der Waals surface area contributed by atoms with Crippen molar-refractivity contribution in [3.05, 3.63) is 59.7 Å². The van der Waals surface area contributed by atoms with Crippen LogP contribution >= 0.6 is 0 Å². The minimum absolute atomic E-state index is 0.0584. The fourth-order valence-corrected chi connectivity index (χ4v) is 3.65. The first-order valence-electron chi connectivity index (χ1n) is 8.23. The van der Waals surface area contributed by atoms with E-state index in [0.29, 0.717) is 11.3 Å². The molecule has 5 nitrogen and oxygen atoms in total. The van der Waals surface area contributed by atoms with Crippen molar-refractivity contribution in [2.75, 3.05) is 11.4 Å². The molecule has 2 rings (SSSR count). The summed E-state index contributed by atoms with van der Waals surface area (Å²) in [6.45, 7) is 5.74. The molecule has 0 saturated carbocycles. The molecule has 1 atom stereocenters. The van der Waals surface area contributed by atoms with E-state index in [4.69, 9.17) is 0 Å². The number of nitrogens with one attached hydrogen (secondary N) is 1. The van der Waals surface area contributed by atoms with Crippen LogP contribution in [0.3, 0.4) is 0 Å². The van der Waals surface area contributed by atoms with Crippen LogP contribution in [0, 0.1) is 6.92 Å². The van der Waals surface area contributed by atoms with Crippen LogP contribution in [-0.2, 0) is 10.0 Å². The van der Waals surface area contributed by atoms with Gasteiger partial charge in [-0.2, -0.15) is 0 Å². The molecule has 0 unspecified atom stereocenters. The summed E-state index contributed by atoms with van der Waals surface area (Å²) >= 11 is 0. The van der Waals surface area contributed by atoms with Crippen molar-refractivity contribution in [1.82, 2.24) is 5.32 Å². The SMILES string of the molecule is CC[C@H](C)NC(=O)c1ccc(C)c(N(C)S(=O)(=O)c2ccccc2)c1. The van der Waals surface area contributed by atoms with Crippen LogP contribution in [0.5, 0.6) is 0 Å². The molecule has 0 radical (unpaired) electrons. The maximum atomic E-state index is 12.8. The fourth-order valence-electron chi connectivity index (χ4n) is 2.38. The quantitative estimate of drug-likeness (QED) is 0.859. The third-order valence-electron chi connectivity index (χ3n) is 4.20. The van der Waals surface area contributed by atoms with E-state index in [1.54, 1.807) is 48.5 Å². The summed E-state index contributed by atoms with van der Waals surface area (Å²) in [6.07, 6.45) is 0.826. The standard InChI is InChI=1S/C19H24N2O3S/c1-5-15(3)20-19(22)16-12-11-14(2)18(13-16)21(4)25(23,24)17-9-7-6-8-10-17/h6-13,15H,5H2,1-4H3,(H,20,22)/t15-/m0/s1. The van der Waals surface area contributed by atoms with Gasteiger partial charge in [0, 0.05) is 18.7 Å². The number of rotatable bonds is 6. The van der Waals surface area contributed by atoms with Gasteiger partial charge in [0.15, 0.2) is 0 Å². The molecule has 134 valence electrons. The molecule has 0 aliphatic heterocycles. The van der Waals surface area contributed by atoms with Gasteiger partial charge in [-0.05, 0) is 50.1 Å². The third kappa shape index (κ3) is 4.20. The maximum absolute atomic E-state index is 12.8. The van der Waals surface area contributed by atoms with E-state index in [0.717, 1.165) is 12.0 Å². The Morgan fingerprint density at radius 2 is 1.80 bits per heavy atom. The number of anilines is 1. The number of carbonyl (C=O) groups is 1. The normalized spacial score (nSPS) is 12.5. The Balaban J connectivity index is 2.38. The lowest BCUT2D eigenvalue weighted by molar-refractivity contribution is 0.0939. The number of carbonyl (C=O) groups excluding carboxylic acids is 1. The highest BCUT2D eigenvalue weighted by molar-refractivity contribution is 7.92. The predicted octanol–water partition coefficient (Wildman–Crippen LogP) is 3.35. The molecular formula is C19H24N2O3S. The third-order valence-corrected chi connectivity index (χ3v) is 5.99. The van der Waals surface area contributed by atoms with Gasteiger partial charge in [-0.3, -0.25) is 9.10 Å². The molecule has 25 heavy (non-hydrogen) atoms. The number of sulfonamides is 1. The van der Waals surface area contributed by atoms with E-state index in [1.807, 2.05) is 20.8 Å². The Labute approximate surface area is 149 Å². The van der Waals surface area contributed by atoms with Gasteiger partial charge in [-0.25, -0.2) is 8.42 Å². The number of nitrogens with zero attached hydrogens (tertiary/aromatic N) is 1. The van der Waals surface area contributed by atoms with E-state index >= 15 is 0 Å². The van der Waals surface area contributed by atoms with Crippen molar-refractivity contribution in [2.45, 2.75) is 38.1 Å². The molecule has 0 aromatic heterocycles. The topological polar surface area (TPSA) is 66.5 Å². The van der Waals surface area contributed by atoms with Crippen LogP contribution in [-0.4, -0.2) is 27.4 Å². The molecule has 0 aliphatic rings. The molecule has 0 fully saturated rings. The molecule has 0 spiro atoms. The van der Waals surface area contributed by atoms with Gasteiger partial charge >= 0.3 is 0 Å². The first-order valence-corrected chi connectivity index (χ1v) is 9.67. The molecule has 1 amide bonds. The largest absolute Gasteiger partial charge is 0.350 e. The van der Waals surface area contributed by atoms with Gasteiger partial charge in [0.1, 0.15) is 0 Å². The van der Waals surface area contributed by atoms with Crippen molar-refractivity contribution in [3.63, 3.8) is 0 Å². The second-order valence-electron chi connectivity index (χ2n) is 6.07. The van der Waals surface area contributed by atoms with E-state index in [1.165, 1.54) is 11.4 Å². The van der Waals surface area contributed by atoms with E-state index in [2.05, 4.69) is 5.32 Å². The van der Waals surface area contributed by atoms with Gasteiger partial charge in [0.2, 0.25) is 0 Å². The summed E-state index contributed by atoms with van der Waals surface area (Å²) < 4.78 is 26.9. The molecule has 0 aliphatic carbocycles. The van der Waals surface area contributed by atoms with Gasteiger partial charge in [-0.1, -0.05) is 31.2 Å². The second-order valence-corrected chi connectivity index (χ2v) is 8.04. The molecular weight excluding hydrogens is 336 g/mol. The smallest absolute Gasteiger partial charge is 0.264 e. The van der Waals surface area contributed by atoms with Gasteiger partial charge < -0.3 is 5.32 Å². The zero-order valence-corrected chi connectivity index (χ0v) is 15.8. The number of aryl methyl sites for hydroxylation is 1. The lowest BCUT2D eigenvalue weighted by Crippen LogP contribution is -2.32. The average Bonchev–Trinajstić information content (AvgIpc) is 2.62.